The molecule has 0 aromatic heterocycles. The van der Waals surface area contributed by atoms with Gasteiger partial charge in [-0.25, -0.2) is 0 Å². The summed E-state index contributed by atoms with van der Waals surface area (Å²) in [7, 11) is 0. The van der Waals surface area contributed by atoms with E-state index < -0.39 is 4.92 Å². The van der Waals surface area contributed by atoms with Gasteiger partial charge in [0.1, 0.15) is 0 Å². The lowest BCUT2D eigenvalue weighted by atomic mass is 10.3. The molecule has 0 bridgehead atoms. The molecule has 0 rings (SSSR count). The van der Waals surface area contributed by atoms with Gasteiger partial charge in [-0.1, -0.05) is 6.92 Å². The monoisotopic (exact) mass is 115 g/mol. The number of hydrogen-bond acceptors (Lipinski definition) is 2. The summed E-state index contributed by atoms with van der Waals surface area (Å²) in [6.45, 7) is 3.62. The van der Waals surface area contributed by atoms with E-state index in [0.29, 0.717) is 0 Å². The fourth-order valence-electron chi connectivity index (χ4n) is 0.271. The second-order valence-electron chi connectivity index (χ2n) is 1.61. The van der Waals surface area contributed by atoms with E-state index in [0.717, 1.165) is 18.2 Å². The third kappa shape index (κ3) is 3.33. The van der Waals surface area contributed by atoms with Crippen molar-refractivity contribution in [3.8, 4) is 0 Å². The summed E-state index contributed by atoms with van der Waals surface area (Å²) in [6, 6.07) is 0. The van der Waals surface area contributed by atoms with E-state index in [1.807, 2.05) is 6.92 Å². The van der Waals surface area contributed by atoms with E-state index in [2.05, 4.69) is 0 Å². The Bertz CT molecular complexity index is 118. The van der Waals surface area contributed by atoms with Gasteiger partial charge in [0.25, 0.3) is 0 Å². The van der Waals surface area contributed by atoms with Gasteiger partial charge < -0.3 is 0 Å². The van der Waals surface area contributed by atoms with Gasteiger partial charge in [0.2, 0.25) is 6.20 Å². The Morgan fingerprint density at radius 3 is 2.50 bits per heavy atom. The Morgan fingerprint density at radius 1 is 1.88 bits per heavy atom. The minimum Gasteiger partial charge on any atom is -0.259 e. The molecular weight excluding hydrogens is 106 g/mol. The van der Waals surface area contributed by atoms with E-state index in [4.69, 9.17) is 0 Å². The first-order chi connectivity index (χ1) is 3.66. The summed E-state index contributed by atoms with van der Waals surface area (Å²) >= 11 is 0. The average molecular weight is 115 g/mol. The van der Waals surface area contributed by atoms with Crippen molar-refractivity contribution in [2.24, 2.45) is 0 Å². The number of allylic oxidation sites excluding steroid dienone is 1. The van der Waals surface area contributed by atoms with Gasteiger partial charge in [-0.3, -0.25) is 10.1 Å². The summed E-state index contributed by atoms with van der Waals surface area (Å²) in [5.41, 5.74) is 0.801. The zero-order valence-electron chi connectivity index (χ0n) is 5.05. The highest BCUT2D eigenvalue weighted by atomic mass is 16.6. The van der Waals surface area contributed by atoms with Gasteiger partial charge >= 0.3 is 0 Å². The van der Waals surface area contributed by atoms with Crippen LogP contribution in [0.5, 0.6) is 0 Å². The Balaban J connectivity index is 3.75. The first kappa shape index (κ1) is 7.14. The highest BCUT2D eigenvalue weighted by Crippen LogP contribution is 1.95. The smallest absolute Gasteiger partial charge is 0.233 e. The van der Waals surface area contributed by atoms with Gasteiger partial charge in [0, 0.05) is 0 Å². The third-order valence-electron chi connectivity index (χ3n) is 0.883. The lowest BCUT2D eigenvalue weighted by Gasteiger charge is -1.84. The van der Waals surface area contributed by atoms with E-state index in [1.165, 1.54) is 0 Å². The molecule has 8 heavy (non-hydrogen) atoms. The maximum Gasteiger partial charge on any atom is 0.233 e. The fourth-order valence-corrected chi connectivity index (χ4v) is 0.271. The van der Waals surface area contributed by atoms with Crippen molar-refractivity contribution in [3.05, 3.63) is 21.9 Å². The highest BCUT2D eigenvalue weighted by Gasteiger charge is 1.89. The maximum absolute atomic E-state index is 9.70. The Labute approximate surface area is 48.2 Å². The Morgan fingerprint density at radius 2 is 2.38 bits per heavy atom. The quantitative estimate of drug-likeness (QED) is 0.405. The lowest BCUT2D eigenvalue weighted by molar-refractivity contribution is -0.403. The largest absolute Gasteiger partial charge is 0.259 e. The number of rotatable bonds is 2. The van der Waals surface area contributed by atoms with Crippen LogP contribution < -0.4 is 0 Å². The van der Waals surface area contributed by atoms with Crippen molar-refractivity contribution in [3.63, 3.8) is 0 Å². The van der Waals surface area contributed by atoms with Gasteiger partial charge in [0.05, 0.1) is 4.92 Å². The SMILES string of the molecule is CCC(C)=C[N+](=O)[O-]. The van der Waals surface area contributed by atoms with E-state index in [-0.39, 0.29) is 0 Å². The molecule has 0 amide bonds. The number of nitrogens with zero attached hydrogens (tertiary/aromatic N) is 1. The summed E-state index contributed by atoms with van der Waals surface area (Å²) in [6.07, 6.45) is 1.78. The summed E-state index contributed by atoms with van der Waals surface area (Å²) in [4.78, 5) is 9.27. The highest BCUT2D eigenvalue weighted by molar-refractivity contribution is 4.89. The van der Waals surface area contributed by atoms with Gasteiger partial charge in [0.15, 0.2) is 0 Å². The molecular formula is C5H9NO2. The van der Waals surface area contributed by atoms with E-state index in [1.54, 1.807) is 6.92 Å². The van der Waals surface area contributed by atoms with Gasteiger partial charge in [-0.05, 0) is 18.9 Å². The topological polar surface area (TPSA) is 43.1 Å². The first-order valence-corrected chi connectivity index (χ1v) is 2.47. The van der Waals surface area contributed by atoms with Crippen LogP contribution in [0, 0.1) is 10.1 Å². The molecule has 0 unspecified atom stereocenters. The van der Waals surface area contributed by atoms with Crippen LogP contribution in [0.15, 0.2) is 11.8 Å². The van der Waals surface area contributed by atoms with E-state index >= 15 is 0 Å². The first-order valence-electron chi connectivity index (χ1n) is 2.47. The van der Waals surface area contributed by atoms with Crippen molar-refractivity contribution in [1.29, 1.82) is 0 Å². The molecule has 0 aromatic rings. The summed E-state index contributed by atoms with van der Waals surface area (Å²) < 4.78 is 0. The predicted octanol–water partition coefficient (Wildman–Crippen LogP) is 1.58. The Hall–Kier alpha value is -0.860. The van der Waals surface area contributed by atoms with Crippen molar-refractivity contribution in [2.75, 3.05) is 0 Å². The third-order valence-corrected chi connectivity index (χ3v) is 0.883. The molecule has 0 aliphatic carbocycles. The molecule has 0 heterocycles. The molecule has 0 N–H and O–H groups in total. The molecule has 0 atom stereocenters. The summed E-state index contributed by atoms with van der Waals surface area (Å²) in [5, 5.41) is 9.70. The van der Waals surface area contributed by atoms with E-state index in [9.17, 15) is 10.1 Å². The molecule has 3 heteroatoms. The molecule has 0 radical (unpaired) electrons. The number of hydrogen-bond donors (Lipinski definition) is 0. The van der Waals surface area contributed by atoms with Crippen LogP contribution in [-0.4, -0.2) is 4.92 Å². The fraction of sp³-hybridized carbons (Fsp3) is 0.600. The molecule has 0 saturated carbocycles. The second kappa shape index (κ2) is 3.18. The molecule has 0 saturated heterocycles. The standard InChI is InChI=1S/C5H9NO2/c1-3-5(2)4-6(7)8/h4H,3H2,1-2H3. The minimum atomic E-state index is -0.432. The van der Waals surface area contributed by atoms with Crippen molar-refractivity contribution in [1.82, 2.24) is 0 Å². The average Bonchev–Trinajstić information content (AvgIpc) is 1.65. The van der Waals surface area contributed by atoms with Crippen LogP contribution in [0.3, 0.4) is 0 Å². The van der Waals surface area contributed by atoms with Crippen LogP contribution in [0.2, 0.25) is 0 Å². The number of nitro groups is 1. The van der Waals surface area contributed by atoms with Crippen LogP contribution in [-0.2, 0) is 0 Å². The predicted molar refractivity (Wildman–Crippen MR) is 31.0 cm³/mol. The van der Waals surface area contributed by atoms with Crippen LogP contribution in [0.25, 0.3) is 0 Å². The van der Waals surface area contributed by atoms with Crippen molar-refractivity contribution >= 4 is 0 Å². The zero-order valence-corrected chi connectivity index (χ0v) is 5.05. The Kier molecular flexibility index (Phi) is 2.84. The van der Waals surface area contributed by atoms with Crippen molar-refractivity contribution in [2.45, 2.75) is 20.3 Å². The minimum absolute atomic E-state index is 0.432. The molecule has 46 valence electrons. The molecule has 0 aliphatic rings. The van der Waals surface area contributed by atoms with Gasteiger partial charge in [-0.15, -0.1) is 0 Å². The lowest BCUT2D eigenvalue weighted by Crippen LogP contribution is -1.85. The van der Waals surface area contributed by atoms with Crippen LogP contribution in [0.4, 0.5) is 0 Å². The molecule has 0 aliphatic heterocycles. The molecule has 0 aromatic carbocycles. The molecule has 3 nitrogen and oxygen atoms in total. The maximum atomic E-state index is 9.70. The second-order valence-corrected chi connectivity index (χ2v) is 1.61. The zero-order chi connectivity index (χ0) is 6.57. The molecule has 0 spiro atoms. The van der Waals surface area contributed by atoms with Crippen LogP contribution in [0.1, 0.15) is 20.3 Å². The van der Waals surface area contributed by atoms with Crippen LogP contribution >= 0.6 is 0 Å². The van der Waals surface area contributed by atoms with Crippen molar-refractivity contribution < 1.29 is 4.92 Å². The normalized spacial score (nSPS) is 11.5. The van der Waals surface area contributed by atoms with Gasteiger partial charge in [-0.2, -0.15) is 0 Å². The molecule has 0 fully saturated rings. The summed E-state index contributed by atoms with van der Waals surface area (Å²) in [5.74, 6) is 0.